The van der Waals surface area contributed by atoms with Gasteiger partial charge in [0.25, 0.3) is 11.8 Å². The number of aromatic nitrogens is 2. The quantitative estimate of drug-likeness (QED) is 0.702. The lowest BCUT2D eigenvalue weighted by Gasteiger charge is -2.33. The van der Waals surface area contributed by atoms with Gasteiger partial charge in [0.15, 0.2) is 11.5 Å². The molecule has 4 rings (SSSR count). The highest BCUT2D eigenvalue weighted by Crippen LogP contribution is 2.21. The van der Waals surface area contributed by atoms with Crippen molar-refractivity contribution in [3.63, 3.8) is 0 Å². The van der Waals surface area contributed by atoms with Crippen molar-refractivity contribution in [3.8, 4) is 11.3 Å². The topological polar surface area (TPSA) is 71.6 Å². The maximum absolute atomic E-state index is 12.9. The van der Waals surface area contributed by atoms with Gasteiger partial charge in [-0.1, -0.05) is 29.8 Å². The summed E-state index contributed by atoms with van der Waals surface area (Å²) in [5.74, 6) is 0.0721. The van der Waals surface area contributed by atoms with Crippen LogP contribution in [0.5, 0.6) is 0 Å². The molecule has 28 heavy (non-hydrogen) atoms. The normalized spacial score (nSPS) is 14.4. The number of benzene rings is 1. The molecule has 1 aromatic carbocycles. The Hall–Kier alpha value is -3.35. The first-order valence-corrected chi connectivity index (χ1v) is 9.26. The number of piperazine rings is 1. The van der Waals surface area contributed by atoms with Gasteiger partial charge < -0.3 is 14.2 Å². The molecule has 3 heterocycles. The summed E-state index contributed by atoms with van der Waals surface area (Å²) in [6.45, 7) is 3.94. The summed E-state index contributed by atoms with van der Waals surface area (Å²) in [6, 6.07) is 13.3. The van der Waals surface area contributed by atoms with Gasteiger partial charge in [-0.3, -0.25) is 14.3 Å². The molecule has 0 spiro atoms. The van der Waals surface area contributed by atoms with Gasteiger partial charge in [0.1, 0.15) is 0 Å². The van der Waals surface area contributed by atoms with Gasteiger partial charge >= 0.3 is 0 Å². The number of aryl methyl sites for hydroxylation is 2. The Morgan fingerprint density at radius 3 is 2.21 bits per heavy atom. The van der Waals surface area contributed by atoms with Crippen LogP contribution in [-0.2, 0) is 7.05 Å². The minimum absolute atomic E-state index is 0.112. The van der Waals surface area contributed by atoms with Crippen LogP contribution in [0.25, 0.3) is 11.3 Å². The standard InChI is InChI=1S/C21H22N4O3/c1-15-5-7-16(8-6-15)18-14-17(22-23(18)2)20(26)24-9-11-25(12-10-24)21(27)19-4-3-13-28-19/h3-8,13-14H,9-12H2,1-2H3. The molecule has 2 aromatic heterocycles. The van der Waals surface area contributed by atoms with Crippen LogP contribution in [0.15, 0.2) is 53.1 Å². The Morgan fingerprint density at radius 2 is 1.61 bits per heavy atom. The van der Waals surface area contributed by atoms with Crippen LogP contribution in [-0.4, -0.2) is 57.6 Å². The Morgan fingerprint density at radius 1 is 0.964 bits per heavy atom. The first-order valence-electron chi connectivity index (χ1n) is 9.26. The summed E-state index contributed by atoms with van der Waals surface area (Å²) in [7, 11) is 1.84. The lowest BCUT2D eigenvalue weighted by Crippen LogP contribution is -2.50. The number of hydrogen-bond donors (Lipinski definition) is 0. The van der Waals surface area contributed by atoms with E-state index >= 15 is 0 Å². The van der Waals surface area contributed by atoms with Crippen LogP contribution in [0.4, 0.5) is 0 Å². The SMILES string of the molecule is Cc1ccc(-c2cc(C(=O)N3CCN(C(=O)c4ccco4)CC3)nn2C)cc1. The Balaban J connectivity index is 1.44. The van der Waals surface area contributed by atoms with Crippen molar-refractivity contribution < 1.29 is 14.0 Å². The third-order valence-corrected chi connectivity index (χ3v) is 5.03. The Bertz CT molecular complexity index is 981. The Kier molecular flexibility index (Phi) is 4.73. The van der Waals surface area contributed by atoms with Gasteiger partial charge in [0.05, 0.1) is 12.0 Å². The van der Waals surface area contributed by atoms with E-state index in [1.807, 2.05) is 44.3 Å². The summed E-state index contributed by atoms with van der Waals surface area (Å²) in [4.78, 5) is 28.7. The molecular formula is C21H22N4O3. The van der Waals surface area contributed by atoms with E-state index in [1.54, 1.807) is 26.6 Å². The minimum Gasteiger partial charge on any atom is -0.459 e. The molecule has 1 aliphatic heterocycles. The van der Waals surface area contributed by atoms with E-state index in [-0.39, 0.29) is 11.8 Å². The smallest absolute Gasteiger partial charge is 0.289 e. The number of amides is 2. The average Bonchev–Trinajstić information content (AvgIpc) is 3.38. The fourth-order valence-corrected chi connectivity index (χ4v) is 3.40. The predicted octanol–water partition coefficient (Wildman–Crippen LogP) is 2.59. The van der Waals surface area contributed by atoms with Gasteiger partial charge in [0.2, 0.25) is 0 Å². The zero-order chi connectivity index (χ0) is 19.7. The summed E-state index contributed by atoms with van der Waals surface area (Å²) in [5, 5.41) is 4.41. The van der Waals surface area contributed by atoms with E-state index in [0.29, 0.717) is 37.6 Å². The Labute approximate surface area is 163 Å². The first-order chi connectivity index (χ1) is 13.5. The maximum atomic E-state index is 12.9. The van der Waals surface area contributed by atoms with Crippen LogP contribution in [0.3, 0.4) is 0 Å². The molecule has 0 unspecified atom stereocenters. The van der Waals surface area contributed by atoms with E-state index in [1.165, 1.54) is 11.8 Å². The molecule has 1 saturated heterocycles. The third kappa shape index (κ3) is 3.43. The average molecular weight is 378 g/mol. The van der Waals surface area contributed by atoms with Gasteiger partial charge in [0, 0.05) is 33.2 Å². The molecule has 7 heteroatoms. The zero-order valence-corrected chi connectivity index (χ0v) is 16.0. The van der Waals surface area contributed by atoms with E-state index in [9.17, 15) is 9.59 Å². The predicted molar refractivity (Wildman–Crippen MR) is 104 cm³/mol. The molecule has 7 nitrogen and oxygen atoms in total. The second kappa shape index (κ2) is 7.34. The molecule has 2 amide bonds. The van der Waals surface area contributed by atoms with Crippen molar-refractivity contribution in [3.05, 3.63) is 65.7 Å². The lowest BCUT2D eigenvalue weighted by molar-refractivity contribution is 0.0515. The molecule has 1 fully saturated rings. The first kappa shape index (κ1) is 18.0. The second-order valence-corrected chi connectivity index (χ2v) is 6.97. The van der Waals surface area contributed by atoms with Crippen LogP contribution in [0.1, 0.15) is 26.6 Å². The zero-order valence-electron chi connectivity index (χ0n) is 16.0. The maximum Gasteiger partial charge on any atom is 0.289 e. The largest absolute Gasteiger partial charge is 0.459 e. The minimum atomic E-state index is -0.142. The number of nitrogens with zero attached hydrogens (tertiary/aromatic N) is 4. The fourth-order valence-electron chi connectivity index (χ4n) is 3.40. The van der Waals surface area contributed by atoms with Crippen LogP contribution in [0.2, 0.25) is 0 Å². The molecule has 0 radical (unpaired) electrons. The number of carbonyl (C=O) groups is 2. The van der Waals surface area contributed by atoms with Crippen LogP contribution >= 0.6 is 0 Å². The molecule has 0 bridgehead atoms. The van der Waals surface area contributed by atoms with E-state index in [0.717, 1.165) is 11.3 Å². The van der Waals surface area contributed by atoms with Crippen LogP contribution < -0.4 is 0 Å². The number of furan rings is 1. The molecule has 3 aromatic rings. The van der Waals surface area contributed by atoms with Gasteiger partial charge in [-0.2, -0.15) is 5.10 Å². The summed E-state index contributed by atoms with van der Waals surface area (Å²) < 4.78 is 6.90. The number of hydrogen-bond acceptors (Lipinski definition) is 4. The van der Waals surface area contributed by atoms with Crippen molar-refractivity contribution >= 4 is 11.8 Å². The van der Waals surface area contributed by atoms with Gasteiger partial charge in [-0.25, -0.2) is 0 Å². The van der Waals surface area contributed by atoms with Crippen molar-refractivity contribution in [2.24, 2.45) is 7.05 Å². The highest BCUT2D eigenvalue weighted by molar-refractivity contribution is 5.94. The van der Waals surface area contributed by atoms with E-state index in [4.69, 9.17) is 4.42 Å². The van der Waals surface area contributed by atoms with Gasteiger partial charge in [-0.05, 0) is 30.7 Å². The van der Waals surface area contributed by atoms with Crippen molar-refractivity contribution in [1.82, 2.24) is 19.6 Å². The van der Waals surface area contributed by atoms with Crippen molar-refractivity contribution in [1.29, 1.82) is 0 Å². The summed E-state index contributed by atoms with van der Waals surface area (Å²) in [6.07, 6.45) is 1.49. The molecule has 1 aliphatic rings. The van der Waals surface area contributed by atoms with Crippen LogP contribution in [0, 0.1) is 6.92 Å². The van der Waals surface area contributed by atoms with Gasteiger partial charge in [-0.15, -0.1) is 0 Å². The third-order valence-electron chi connectivity index (χ3n) is 5.03. The fraction of sp³-hybridized carbons (Fsp3) is 0.286. The number of carbonyl (C=O) groups excluding carboxylic acids is 2. The summed E-state index contributed by atoms with van der Waals surface area (Å²) in [5.41, 5.74) is 3.52. The van der Waals surface area contributed by atoms with E-state index < -0.39 is 0 Å². The summed E-state index contributed by atoms with van der Waals surface area (Å²) >= 11 is 0. The molecule has 144 valence electrons. The van der Waals surface area contributed by atoms with Crippen molar-refractivity contribution in [2.45, 2.75) is 6.92 Å². The lowest BCUT2D eigenvalue weighted by atomic mass is 10.1. The van der Waals surface area contributed by atoms with E-state index in [2.05, 4.69) is 5.10 Å². The molecule has 0 saturated carbocycles. The second-order valence-electron chi connectivity index (χ2n) is 6.97. The molecular weight excluding hydrogens is 356 g/mol. The molecule has 0 aliphatic carbocycles. The number of rotatable bonds is 3. The molecule has 0 atom stereocenters. The highest BCUT2D eigenvalue weighted by atomic mass is 16.3. The highest BCUT2D eigenvalue weighted by Gasteiger charge is 2.28. The molecule has 0 N–H and O–H groups in total. The monoisotopic (exact) mass is 378 g/mol. The van der Waals surface area contributed by atoms with Crippen molar-refractivity contribution in [2.75, 3.05) is 26.2 Å².